The number of alkyl halides is 3. The molecule has 0 aromatic heterocycles. The molecule has 0 radical (unpaired) electrons. The molecule has 1 atom stereocenters. The Morgan fingerprint density at radius 3 is 2.27 bits per heavy atom. The summed E-state index contributed by atoms with van der Waals surface area (Å²) >= 11 is 0. The molecule has 2 amide bonds. The van der Waals surface area contributed by atoms with E-state index in [4.69, 9.17) is 0 Å². The Bertz CT molecular complexity index is 567. The van der Waals surface area contributed by atoms with Crippen LogP contribution in [0.1, 0.15) is 28.8 Å². The summed E-state index contributed by atoms with van der Waals surface area (Å²) in [6, 6.07) is 3.53. The molecule has 1 aromatic carbocycles. The second kappa shape index (κ2) is 5.98. The minimum atomic E-state index is -4.43. The van der Waals surface area contributed by atoms with Crippen molar-refractivity contribution in [3.63, 3.8) is 0 Å². The van der Waals surface area contributed by atoms with Gasteiger partial charge in [-0.1, -0.05) is 0 Å². The summed E-state index contributed by atoms with van der Waals surface area (Å²) in [5.74, 6) is -0.579. The van der Waals surface area contributed by atoms with E-state index in [1.54, 1.807) is 14.1 Å². The maximum Gasteiger partial charge on any atom is 0.416 e. The lowest BCUT2D eigenvalue weighted by Crippen LogP contribution is -2.45. The molecule has 1 fully saturated rings. The highest BCUT2D eigenvalue weighted by Crippen LogP contribution is 2.29. The summed E-state index contributed by atoms with van der Waals surface area (Å²) in [5, 5.41) is 0. The molecule has 0 aliphatic carbocycles. The van der Waals surface area contributed by atoms with Gasteiger partial charge < -0.3 is 9.80 Å². The fourth-order valence-corrected chi connectivity index (χ4v) is 2.53. The van der Waals surface area contributed by atoms with Gasteiger partial charge in [-0.3, -0.25) is 9.59 Å². The normalized spacial score (nSPS) is 18.4. The van der Waals surface area contributed by atoms with E-state index in [2.05, 4.69) is 0 Å². The van der Waals surface area contributed by atoms with Gasteiger partial charge in [0.1, 0.15) is 6.04 Å². The van der Waals surface area contributed by atoms with Crippen LogP contribution in [0.15, 0.2) is 24.3 Å². The number of likely N-dealkylation sites (tertiary alicyclic amines) is 1. The summed E-state index contributed by atoms with van der Waals surface area (Å²) in [4.78, 5) is 27.3. The van der Waals surface area contributed by atoms with E-state index in [0.717, 1.165) is 24.3 Å². The molecule has 1 aliphatic heterocycles. The first-order valence-electron chi connectivity index (χ1n) is 6.91. The molecular weight excluding hydrogens is 297 g/mol. The predicted molar refractivity (Wildman–Crippen MR) is 74.2 cm³/mol. The van der Waals surface area contributed by atoms with Gasteiger partial charge in [0.05, 0.1) is 5.56 Å². The van der Waals surface area contributed by atoms with Crippen LogP contribution in [-0.2, 0) is 11.0 Å². The Morgan fingerprint density at radius 1 is 1.18 bits per heavy atom. The summed E-state index contributed by atoms with van der Waals surface area (Å²) in [5.41, 5.74) is -0.641. The van der Waals surface area contributed by atoms with E-state index in [-0.39, 0.29) is 11.5 Å². The molecule has 4 nitrogen and oxygen atoms in total. The van der Waals surface area contributed by atoms with Crippen molar-refractivity contribution in [1.82, 2.24) is 9.80 Å². The highest BCUT2D eigenvalue weighted by atomic mass is 19.4. The Hall–Kier alpha value is -2.05. The molecule has 1 saturated heterocycles. The second-order valence-corrected chi connectivity index (χ2v) is 5.46. The third-order valence-electron chi connectivity index (χ3n) is 3.70. The van der Waals surface area contributed by atoms with Crippen LogP contribution in [0.2, 0.25) is 0 Å². The number of rotatable bonds is 2. The van der Waals surface area contributed by atoms with Gasteiger partial charge in [-0.15, -0.1) is 0 Å². The largest absolute Gasteiger partial charge is 0.416 e. The van der Waals surface area contributed by atoms with E-state index < -0.39 is 23.7 Å². The van der Waals surface area contributed by atoms with E-state index in [9.17, 15) is 22.8 Å². The molecule has 0 bridgehead atoms. The third-order valence-corrected chi connectivity index (χ3v) is 3.70. The highest BCUT2D eigenvalue weighted by molar-refractivity contribution is 5.97. The number of amides is 2. The molecule has 2 rings (SSSR count). The van der Waals surface area contributed by atoms with Crippen LogP contribution in [0, 0.1) is 0 Å². The maximum absolute atomic E-state index is 12.5. The summed E-state index contributed by atoms with van der Waals surface area (Å²) in [7, 11) is 3.23. The van der Waals surface area contributed by atoms with Crippen molar-refractivity contribution in [2.45, 2.75) is 25.1 Å². The van der Waals surface area contributed by atoms with Gasteiger partial charge in [-0.2, -0.15) is 13.2 Å². The molecule has 0 saturated carbocycles. The van der Waals surface area contributed by atoms with Gasteiger partial charge in [0.25, 0.3) is 5.91 Å². The predicted octanol–water partition coefficient (Wildman–Crippen LogP) is 2.40. The molecule has 1 heterocycles. The van der Waals surface area contributed by atoms with Crippen LogP contribution >= 0.6 is 0 Å². The zero-order valence-corrected chi connectivity index (χ0v) is 12.4. The fourth-order valence-electron chi connectivity index (χ4n) is 2.53. The molecule has 1 aromatic rings. The van der Waals surface area contributed by atoms with Gasteiger partial charge in [0, 0.05) is 26.2 Å². The number of carbonyl (C=O) groups is 2. The minimum Gasteiger partial charge on any atom is -0.347 e. The Labute approximate surface area is 126 Å². The highest BCUT2D eigenvalue weighted by Gasteiger charge is 2.36. The van der Waals surface area contributed by atoms with E-state index in [1.165, 1.54) is 9.80 Å². The first-order valence-corrected chi connectivity index (χ1v) is 6.91. The Kier molecular flexibility index (Phi) is 4.44. The molecule has 22 heavy (non-hydrogen) atoms. The lowest BCUT2D eigenvalue weighted by molar-refractivity contribution is -0.137. The first-order chi connectivity index (χ1) is 10.2. The fraction of sp³-hybridized carbons (Fsp3) is 0.467. The van der Waals surface area contributed by atoms with Gasteiger partial charge >= 0.3 is 6.18 Å². The summed E-state index contributed by atoms with van der Waals surface area (Å²) in [6.45, 7) is 0.435. The standard InChI is InChI=1S/C15H17F3N2O2/c1-19(2)14(22)12-4-3-9-20(12)13(21)10-5-7-11(8-6-10)15(16,17)18/h5-8,12H,3-4,9H2,1-2H3. The first kappa shape index (κ1) is 16.3. The lowest BCUT2D eigenvalue weighted by atomic mass is 10.1. The molecular formula is C15H17F3N2O2. The van der Waals surface area contributed by atoms with Gasteiger partial charge in [0.15, 0.2) is 0 Å². The molecule has 120 valence electrons. The average Bonchev–Trinajstić information content (AvgIpc) is 2.94. The van der Waals surface area contributed by atoms with Gasteiger partial charge in [-0.25, -0.2) is 0 Å². The van der Waals surface area contributed by atoms with Crippen molar-refractivity contribution in [1.29, 1.82) is 0 Å². The second-order valence-electron chi connectivity index (χ2n) is 5.46. The number of benzene rings is 1. The smallest absolute Gasteiger partial charge is 0.347 e. The van der Waals surface area contributed by atoms with Crippen molar-refractivity contribution in [2.24, 2.45) is 0 Å². The van der Waals surface area contributed by atoms with E-state index in [1.807, 2.05) is 0 Å². The Balaban J connectivity index is 2.19. The van der Waals surface area contributed by atoms with Crippen LogP contribution in [-0.4, -0.2) is 48.3 Å². The monoisotopic (exact) mass is 314 g/mol. The number of nitrogens with zero attached hydrogens (tertiary/aromatic N) is 2. The topological polar surface area (TPSA) is 40.6 Å². The molecule has 1 aliphatic rings. The zero-order chi connectivity index (χ0) is 16.5. The van der Waals surface area contributed by atoms with Crippen LogP contribution in [0.4, 0.5) is 13.2 Å². The number of carbonyl (C=O) groups excluding carboxylic acids is 2. The lowest BCUT2D eigenvalue weighted by Gasteiger charge is -2.26. The van der Waals surface area contributed by atoms with Gasteiger partial charge in [0.2, 0.25) is 5.91 Å². The maximum atomic E-state index is 12.5. The van der Waals surface area contributed by atoms with E-state index >= 15 is 0 Å². The Morgan fingerprint density at radius 2 is 1.77 bits per heavy atom. The summed E-state index contributed by atoms with van der Waals surface area (Å²) in [6.07, 6.45) is -3.15. The number of likely N-dealkylation sites (N-methyl/N-ethyl adjacent to an activating group) is 1. The summed E-state index contributed by atoms with van der Waals surface area (Å²) < 4.78 is 37.6. The average molecular weight is 314 g/mol. The van der Waals surface area contributed by atoms with Gasteiger partial charge in [-0.05, 0) is 37.1 Å². The van der Waals surface area contributed by atoms with Crippen molar-refractivity contribution in [3.05, 3.63) is 35.4 Å². The van der Waals surface area contributed by atoms with E-state index in [0.29, 0.717) is 19.4 Å². The van der Waals surface area contributed by atoms with Crippen molar-refractivity contribution in [3.8, 4) is 0 Å². The van der Waals surface area contributed by atoms with Crippen molar-refractivity contribution < 1.29 is 22.8 Å². The van der Waals surface area contributed by atoms with Crippen molar-refractivity contribution >= 4 is 11.8 Å². The van der Waals surface area contributed by atoms with Crippen molar-refractivity contribution in [2.75, 3.05) is 20.6 Å². The third kappa shape index (κ3) is 3.23. The number of halogens is 3. The zero-order valence-electron chi connectivity index (χ0n) is 12.4. The molecule has 7 heteroatoms. The van der Waals surface area contributed by atoms with Crippen LogP contribution < -0.4 is 0 Å². The van der Waals surface area contributed by atoms with Crippen LogP contribution in [0.3, 0.4) is 0 Å². The number of hydrogen-bond acceptors (Lipinski definition) is 2. The minimum absolute atomic E-state index is 0.159. The molecule has 0 N–H and O–H groups in total. The molecule has 0 spiro atoms. The molecule has 1 unspecified atom stereocenters. The van der Waals surface area contributed by atoms with Crippen LogP contribution in [0.25, 0.3) is 0 Å². The SMILES string of the molecule is CN(C)C(=O)C1CCCN1C(=O)c1ccc(C(F)(F)F)cc1. The van der Waals surface area contributed by atoms with Crippen LogP contribution in [0.5, 0.6) is 0 Å². The number of hydrogen-bond donors (Lipinski definition) is 0. The quantitative estimate of drug-likeness (QED) is 0.841.